The number of amides is 2. The van der Waals surface area contributed by atoms with Gasteiger partial charge in [0, 0.05) is 5.69 Å². The number of nitrogens with one attached hydrogen (secondary N) is 3. The molecule has 2 amide bonds. The number of ether oxygens (including phenoxy) is 2. The Kier molecular flexibility index (Phi) is 7.34. The van der Waals surface area contributed by atoms with Crippen molar-refractivity contribution in [3.8, 4) is 0 Å². The molecule has 174 valence electrons. The molecule has 0 saturated heterocycles. The number of sulfonamides is 1. The first-order valence-electron chi connectivity index (χ1n) is 10.0. The predicted octanol–water partition coefficient (Wildman–Crippen LogP) is 2.08. The molecule has 3 rings (SSSR count). The third-order valence-electron chi connectivity index (χ3n) is 4.63. The summed E-state index contributed by atoms with van der Waals surface area (Å²) in [6.45, 7) is 3.27. The van der Waals surface area contributed by atoms with Gasteiger partial charge in [-0.15, -0.1) is 0 Å². The second-order valence-corrected chi connectivity index (χ2v) is 8.74. The number of esters is 2. The van der Waals surface area contributed by atoms with Crippen molar-refractivity contribution in [2.75, 3.05) is 24.5 Å². The molecule has 0 aliphatic carbocycles. The third-order valence-corrected chi connectivity index (χ3v) is 6.03. The van der Waals surface area contributed by atoms with Gasteiger partial charge in [-0.2, -0.15) is 0 Å². The zero-order chi connectivity index (χ0) is 24.0. The molecule has 0 saturated carbocycles. The van der Waals surface area contributed by atoms with Crippen LogP contribution >= 0.6 is 0 Å². The maximum atomic E-state index is 12.6. The molecule has 0 atom stereocenters. The molecule has 33 heavy (non-hydrogen) atoms. The lowest BCUT2D eigenvalue weighted by Crippen LogP contribution is -2.45. The Morgan fingerprint density at radius 3 is 2.30 bits per heavy atom. The monoisotopic (exact) mass is 473 g/mol. The molecule has 0 spiro atoms. The summed E-state index contributed by atoms with van der Waals surface area (Å²) >= 11 is 0. The van der Waals surface area contributed by atoms with Gasteiger partial charge in [-0.25, -0.2) is 22.8 Å². The number of carbonyl (C=O) groups is 3. The Bertz CT molecular complexity index is 1190. The van der Waals surface area contributed by atoms with Crippen LogP contribution in [0.3, 0.4) is 0 Å². The molecule has 1 aliphatic rings. The first-order chi connectivity index (χ1) is 15.7. The molecule has 0 radical (unpaired) electrons. The van der Waals surface area contributed by atoms with Gasteiger partial charge in [0.1, 0.15) is 6.61 Å². The average Bonchev–Trinajstić information content (AvgIpc) is 2.79. The van der Waals surface area contributed by atoms with E-state index < -0.39 is 28.0 Å². The van der Waals surface area contributed by atoms with Crippen LogP contribution in [-0.2, 0) is 24.3 Å². The van der Waals surface area contributed by atoms with Gasteiger partial charge in [-0.05, 0) is 50.2 Å². The molecular formula is C22H23N3O7S. The van der Waals surface area contributed by atoms with Gasteiger partial charge in [0.2, 0.25) is 0 Å². The van der Waals surface area contributed by atoms with E-state index in [1.807, 2.05) is 6.92 Å². The second kappa shape index (κ2) is 10.2. The lowest BCUT2D eigenvalue weighted by Gasteiger charge is -2.21. The Hall–Kier alpha value is -3.86. The van der Waals surface area contributed by atoms with Crippen LogP contribution in [0.25, 0.3) is 0 Å². The van der Waals surface area contributed by atoms with Gasteiger partial charge < -0.3 is 20.1 Å². The van der Waals surface area contributed by atoms with Crippen LogP contribution in [0.15, 0.2) is 64.7 Å². The lowest BCUT2D eigenvalue weighted by atomic mass is 10.1. The van der Waals surface area contributed by atoms with E-state index in [0.717, 1.165) is 5.56 Å². The second-order valence-electron chi connectivity index (χ2n) is 7.06. The Labute approximate surface area is 191 Å². The number of rotatable bonds is 8. The zero-order valence-electron chi connectivity index (χ0n) is 18.0. The van der Waals surface area contributed by atoms with Crippen molar-refractivity contribution in [3.05, 3.63) is 70.9 Å². The van der Waals surface area contributed by atoms with Crippen LogP contribution in [0.5, 0.6) is 0 Å². The van der Waals surface area contributed by atoms with E-state index in [0.29, 0.717) is 5.69 Å². The minimum Gasteiger partial charge on any atom is -0.463 e. The van der Waals surface area contributed by atoms with E-state index >= 15 is 0 Å². The van der Waals surface area contributed by atoms with E-state index in [1.165, 1.54) is 24.3 Å². The van der Waals surface area contributed by atoms with Crippen LogP contribution < -0.4 is 15.4 Å². The largest absolute Gasteiger partial charge is 0.463 e. The SMILES string of the molecule is CCOC(=O)C1=C(COC(=O)c2ccc(S(=O)(=O)Nc3ccc(C)cc3)cc2)NC(=O)NC1. The highest BCUT2D eigenvalue weighted by atomic mass is 32.2. The smallest absolute Gasteiger partial charge is 0.338 e. The zero-order valence-corrected chi connectivity index (χ0v) is 18.8. The summed E-state index contributed by atoms with van der Waals surface area (Å²) in [5, 5.41) is 4.88. The topological polar surface area (TPSA) is 140 Å². The Morgan fingerprint density at radius 2 is 1.67 bits per heavy atom. The van der Waals surface area contributed by atoms with Crippen LogP contribution in [0, 0.1) is 6.92 Å². The molecule has 11 heteroatoms. The van der Waals surface area contributed by atoms with Crippen LogP contribution in [0.2, 0.25) is 0 Å². The number of anilines is 1. The average molecular weight is 474 g/mol. The van der Waals surface area contributed by atoms with E-state index in [4.69, 9.17) is 9.47 Å². The van der Waals surface area contributed by atoms with Gasteiger partial charge >= 0.3 is 18.0 Å². The molecule has 2 aromatic rings. The fourth-order valence-corrected chi connectivity index (χ4v) is 3.95. The highest BCUT2D eigenvalue weighted by molar-refractivity contribution is 7.92. The van der Waals surface area contributed by atoms with Crippen molar-refractivity contribution in [1.82, 2.24) is 10.6 Å². The lowest BCUT2D eigenvalue weighted by molar-refractivity contribution is -0.138. The van der Waals surface area contributed by atoms with Crippen LogP contribution in [-0.4, -0.2) is 46.1 Å². The Balaban J connectivity index is 1.67. The van der Waals surface area contributed by atoms with E-state index in [2.05, 4.69) is 15.4 Å². The molecule has 3 N–H and O–H groups in total. The van der Waals surface area contributed by atoms with Crippen molar-refractivity contribution in [2.45, 2.75) is 18.7 Å². The minimum absolute atomic E-state index is 0.0300. The van der Waals surface area contributed by atoms with Gasteiger partial charge in [-0.3, -0.25) is 4.72 Å². The molecule has 0 unspecified atom stereocenters. The van der Waals surface area contributed by atoms with Gasteiger partial charge in [0.25, 0.3) is 10.0 Å². The third kappa shape index (κ3) is 6.10. The summed E-state index contributed by atoms with van der Waals surface area (Å²) in [4.78, 5) is 36.0. The molecule has 0 fully saturated rings. The van der Waals surface area contributed by atoms with Crippen molar-refractivity contribution < 1.29 is 32.3 Å². The number of urea groups is 1. The molecule has 0 aromatic heterocycles. The van der Waals surface area contributed by atoms with Crippen LogP contribution in [0.1, 0.15) is 22.8 Å². The van der Waals surface area contributed by atoms with Crippen molar-refractivity contribution >= 4 is 33.7 Å². The number of benzene rings is 2. The summed E-state index contributed by atoms with van der Waals surface area (Å²) in [5.41, 5.74) is 1.77. The number of carbonyl (C=O) groups excluding carboxylic acids is 3. The molecular weight excluding hydrogens is 450 g/mol. The Morgan fingerprint density at radius 1 is 1.00 bits per heavy atom. The van der Waals surface area contributed by atoms with Crippen molar-refractivity contribution in [3.63, 3.8) is 0 Å². The van der Waals surface area contributed by atoms with Crippen molar-refractivity contribution in [2.24, 2.45) is 0 Å². The van der Waals surface area contributed by atoms with Crippen molar-refractivity contribution in [1.29, 1.82) is 0 Å². The maximum absolute atomic E-state index is 12.6. The summed E-state index contributed by atoms with van der Waals surface area (Å²) in [6.07, 6.45) is 0. The van der Waals surface area contributed by atoms with E-state index in [-0.39, 0.29) is 41.5 Å². The molecule has 1 aliphatic heterocycles. The first kappa shape index (κ1) is 23.8. The summed E-state index contributed by atoms with van der Waals surface area (Å²) < 4.78 is 37.7. The summed E-state index contributed by atoms with van der Waals surface area (Å²) in [7, 11) is -3.84. The standard InChI is InChI=1S/C22H23N3O7S/c1-3-31-21(27)18-12-23-22(28)24-19(18)13-32-20(26)15-6-10-17(11-7-15)33(29,30)25-16-8-4-14(2)5-9-16/h4-11,25H,3,12-13H2,1-2H3,(H2,23,24,28). The van der Waals surface area contributed by atoms with E-state index in [9.17, 15) is 22.8 Å². The number of hydrogen-bond donors (Lipinski definition) is 3. The minimum atomic E-state index is -3.84. The molecule has 1 heterocycles. The fraction of sp³-hybridized carbons (Fsp3) is 0.227. The van der Waals surface area contributed by atoms with E-state index in [1.54, 1.807) is 31.2 Å². The summed E-state index contributed by atoms with van der Waals surface area (Å²) in [5.74, 6) is -1.39. The maximum Gasteiger partial charge on any atom is 0.338 e. The predicted molar refractivity (Wildman–Crippen MR) is 119 cm³/mol. The van der Waals surface area contributed by atoms with Gasteiger partial charge in [-0.1, -0.05) is 17.7 Å². The van der Waals surface area contributed by atoms with Gasteiger partial charge in [0.15, 0.2) is 0 Å². The highest BCUT2D eigenvalue weighted by Crippen LogP contribution is 2.18. The summed E-state index contributed by atoms with van der Waals surface area (Å²) in [6, 6.07) is 11.5. The molecule has 10 nitrogen and oxygen atoms in total. The molecule has 0 bridgehead atoms. The highest BCUT2D eigenvalue weighted by Gasteiger charge is 2.25. The molecule has 2 aromatic carbocycles. The van der Waals surface area contributed by atoms with Gasteiger partial charge in [0.05, 0.1) is 34.9 Å². The first-order valence-corrected chi connectivity index (χ1v) is 11.5. The number of hydrogen-bond acceptors (Lipinski definition) is 7. The number of aryl methyl sites for hydroxylation is 1. The quantitative estimate of drug-likeness (QED) is 0.499. The normalized spacial score (nSPS) is 13.6. The van der Waals surface area contributed by atoms with Crippen LogP contribution in [0.4, 0.5) is 10.5 Å². The fourth-order valence-electron chi connectivity index (χ4n) is 2.90.